The van der Waals surface area contributed by atoms with Gasteiger partial charge in [-0.3, -0.25) is 19.2 Å². The van der Waals surface area contributed by atoms with E-state index in [-0.39, 0.29) is 23.6 Å². The lowest BCUT2D eigenvalue weighted by Gasteiger charge is -2.20. The third-order valence-corrected chi connectivity index (χ3v) is 16.2. The zero-order chi connectivity index (χ0) is 64.6. The van der Waals surface area contributed by atoms with Crippen LogP contribution < -0.4 is 21.3 Å². The fraction of sp³-hybridized carbons (Fsp3) is 0.167. The SMILES string of the molecule is C#Cc1ccc(-c2cncn2Cc2ccc(C(=O)Nc3ccccc3-c3c4nc(c(-c5ccccc5NC(=O)C(C)(C)C)c5ccc([nH]5)c(-c5ccccc5NC(=O)C(C)(C)C)c5nc(c(-c6ccccc6NC(=O)C(C)(C)C)c6ccc3[nH]6)C=C5)C=C4)cc2)cc1. The summed E-state index contributed by atoms with van der Waals surface area (Å²) in [7, 11) is 0. The first-order chi connectivity index (χ1) is 44.1. The van der Waals surface area contributed by atoms with Crippen LogP contribution in [-0.2, 0) is 20.9 Å². The molecule has 8 bridgehead atoms. The monoisotopic (exact) mass is 1210 g/mol. The Kier molecular flexibility index (Phi) is 16.2. The summed E-state index contributed by atoms with van der Waals surface area (Å²) in [6.07, 6.45) is 17.1. The number of anilines is 4. The second-order valence-corrected chi connectivity index (χ2v) is 26.1. The maximum Gasteiger partial charge on any atom is 0.255 e. The Morgan fingerprint density at radius 3 is 1.14 bits per heavy atom. The van der Waals surface area contributed by atoms with Gasteiger partial charge >= 0.3 is 0 Å². The van der Waals surface area contributed by atoms with Crippen molar-refractivity contribution < 1.29 is 19.2 Å². The number of aromatic amines is 2. The Morgan fingerprint density at radius 1 is 0.446 bits per heavy atom. The van der Waals surface area contributed by atoms with Gasteiger partial charge in [0, 0.05) is 123 Å². The van der Waals surface area contributed by atoms with E-state index in [2.05, 4.69) is 46.7 Å². The molecule has 0 spiro atoms. The van der Waals surface area contributed by atoms with Crippen molar-refractivity contribution in [1.82, 2.24) is 29.5 Å². The number of hydrogen-bond acceptors (Lipinski definition) is 7. The zero-order valence-electron chi connectivity index (χ0n) is 52.8. The molecule has 4 aromatic heterocycles. The minimum atomic E-state index is -0.720. The highest BCUT2D eigenvalue weighted by molar-refractivity contribution is 6.10. The molecule has 2 aliphatic rings. The van der Waals surface area contributed by atoms with E-state index < -0.39 is 16.2 Å². The van der Waals surface area contributed by atoms with Crippen LogP contribution in [-0.4, -0.2) is 53.1 Å². The van der Waals surface area contributed by atoms with Crippen LogP contribution in [0.2, 0.25) is 0 Å². The van der Waals surface area contributed by atoms with Crippen LogP contribution in [0.5, 0.6) is 0 Å². The van der Waals surface area contributed by atoms with Crippen molar-refractivity contribution in [2.75, 3.05) is 21.3 Å². The van der Waals surface area contributed by atoms with Crippen LogP contribution in [0, 0.1) is 28.6 Å². The van der Waals surface area contributed by atoms with Crippen LogP contribution >= 0.6 is 0 Å². The van der Waals surface area contributed by atoms with Gasteiger partial charge < -0.3 is 35.8 Å². The highest BCUT2D eigenvalue weighted by Crippen LogP contribution is 2.44. The number of nitrogens with one attached hydrogen (secondary N) is 6. The molecule has 456 valence electrons. The molecule has 14 nitrogen and oxygen atoms in total. The van der Waals surface area contributed by atoms with Gasteiger partial charge in [-0.05, 0) is 108 Å². The molecule has 2 aliphatic heterocycles. The zero-order valence-corrected chi connectivity index (χ0v) is 52.8. The lowest BCUT2D eigenvalue weighted by Crippen LogP contribution is -2.27. The summed E-state index contributed by atoms with van der Waals surface area (Å²) in [6.45, 7) is 17.4. The van der Waals surface area contributed by atoms with Gasteiger partial charge in [-0.2, -0.15) is 0 Å². The van der Waals surface area contributed by atoms with E-state index in [9.17, 15) is 19.2 Å². The van der Waals surface area contributed by atoms with Crippen molar-refractivity contribution in [2.24, 2.45) is 16.2 Å². The molecule has 10 aromatic rings. The van der Waals surface area contributed by atoms with Crippen LogP contribution in [0.1, 0.15) is 107 Å². The number of amides is 4. The molecular formula is C78H70N10O4. The van der Waals surface area contributed by atoms with Crippen LogP contribution in [0.15, 0.2) is 182 Å². The largest absolute Gasteiger partial charge is 0.354 e. The van der Waals surface area contributed by atoms with Crippen molar-refractivity contribution in [3.8, 4) is 68.1 Å². The van der Waals surface area contributed by atoms with Crippen molar-refractivity contribution >= 4 is 92.7 Å². The number of hydrogen-bond donors (Lipinski definition) is 6. The summed E-state index contributed by atoms with van der Waals surface area (Å²) >= 11 is 0. The number of carbonyl (C=O) groups is 4. The molecular weight excluding hydrogens is 1140 g/mol. The molecule has 92 heavy (non-hydrogen) atoms. The first kappa shape index (κ1) is 60.8. The molecule has 4 amide bonds. The van der Waals surface area contributed by atoms with Gasteiger partial charge in [-0.1, -0.05) is 165 Å². The Labute approximate surface area is 535 Å². The molecule has 0 aliphatic carbocycles. The predicted octanol–water partition coefficient (Wildman–Crippen LogP) is 17.4. The Balaban J connectivity index is 1.09. The summed E-state index contributed by atoms with van der Waals surface area (Å²) in [5, 5.41) is 13.0. The van der Waals surface area contributed by atoms with Crippen LogP contribution in [0.3, 0.4) is 0 Å². The maximum absolute atomic E-state index is 14.7. The number of benzene rings is 6. The van der Waals surface area contributed by atoms with Crippen molar-refractivity contribution in [1.29, 1.82) is 0 Å². The van der Waals surface area contributed by atoms with Gasteiger partial charge in [0.15, 0.2) is 0 Å². The first-order valence-corrected chi connectivity index (χ1v) is 30.6. The molecule has 14 heteroatoms. The number of rotatable bonds is 12. The maximum atomic E-state index is 14.7. The lowest BCUT2D eigenvalue weighted by molar-refractivity contribution is -0.123. The molecule has 0 saturated heterocycles. The number of nitrogens with zero attached hydrogens (tertiary/aromatic N) is 4. The molecule has 0 unspecified atom stereocenters. The number of aromatic nitrogens is 6. The summed E-state index contributed by atoms with van der Waals surface area (Å²) in [5.41, 5.74) is 14.8. The van der Waals surface area contributed by atoms with Gasteiger partial charge in [0.25, 0.3) is 5.91 Å². The topological polar surface area (TPSA) is 192 Å². The molecule has 0 atom stereocenters. The number of terminal acetylenes is 1. The molecule has 6 aromatic carbocycles. The summed E-state index contributed by atoms with van der Waals surface area (Å²) < 4.78 is 2.06. The third kappa shape index (κ3) is 12.5. The van der Waals surface area contributed by atoms with Crippen molar-refractivity contribution in [3.63, 3.8) is 0 Å². The summed E-state index contributed by atoms with van der Waals surface area (Å²) in [6, 6.07) is 54.1. The Bertz CT molecular complexity index is 4810. The molecule has 0 saturated carbocycles. The minimum Gasteiger partial charge on any atom is -0.354 e. The molecule has 12 rings (SSSR count). The molecule has 0 radical (unpaired) electrons. The number of carbonyl (C=O) groups excluding carboxylic acids is 4. The second kappa shape index (κ2) is 24.5. The van der Waals surface area contributed by atoms with E-state index in [0.29, 0.717) is 124 Å². The predicted molar refractivity (Wildman–Crippen MR) is 374 cm³/mol. The smallest absolute Gasteiger partial charge is 0.255 e. The van der Waals surface area contributed by atoms with Gasteiger partial charge in [-0.15, -0.1) is 6.42 Å². The van der Waals surface area contributed by atoms with Crippen LogP contribution in [0.4, 0.5) is 22.7 Å². The van der Waals surface area contributed by atoms with Crippen LogP contribution in [0.25, 0.3) is 102 Å². The number of imidazole rings is 1. The standard InChI is InChI=1S/C78H70N10O4/c1-11-47-28-32-49(33-29-47)67-44-79-46-88(67)45-48-30-34-50(35-31-48)72(89)84-55-24-16-12-20-51(55)68-59-36-38-61(80-59)69(52-21-13-17-25-56(52)85-73(90)76(2,3)4)63-40-42-65(82-63)71(54-23-15-19-27-58(54)87-75(92)78(8,9)10)66-43-41-64(83-66)70(62-39-37-60(68)81-62)53-22-14-18-26-57(53)86-74(91)77(5,6)7/h1,12-44,46,80,83H,45H2,2-10H3,(H,84,89)(H,85,90)(H,86,91)(H,87,92). The lowest BCUT2D eigenvalue weighted by atomic mass is 9.94. The first-order valence-electron chi connectivity index (χ1n) is 30.6. The minimum absolute atomic E-state index is 0.162. The third-order valence-electron chi connectivity index (χ3n) is 16.2. The van der Waals surface area contributed by atoms with Crippen molar-refractivity contribution in [3.05, 3.63) is 222 Å². The Hall–Kier alpha value is -11.4. The normalized spacial score (nSPS) is 12.1. The highest BCUT2D eigenvalue weighted by atomic mass is 16.2. The summed E-state index contributed by atoms with van der Waals surface area (Å²) in [5.74, 6) is 1.86. The van der Waals surface area contributed by atoms with Gasteiger partial charge in [-0.25, -0.2) is 15.0 Å². The van der Waals surface area contributed by atoms with Crippen molar-refractivity contribution in [2.45, 2.75) is 68.9 Å². The fourth-order valence-electron chi connectivity index (χ4n) is 11.1. The average molecular weight is 1210 g/mol. The number of H-pyrrole nitrogens is 2. The molecule has 6 heterocycles. The van der Waals surface area contributed by atoms with E-state index in [4.69, 9.17) is 16.4 Å². The number of para-hydroxylation sites is 4. The van der Waals surface area contributed by atoms with E-state index in [0.717, 1.165) is 22.4 Å². The van der Waals surface area contributed by atoms with Gasteiger partial charge in [0.1, 0.15) is 0 Å². The average Bonchev–Trinajstić information content (AvgIpc) is 1.59. The quantitative estimate of drug-likeness (QED) is 0.0656. The molecule has 0 fully saturated rings. The van der Waals surface area contributed by atoms with E-state index in [1.54, 1.807) is 6.33 Å². The van der Waals surface area contributed by atoms with Gasteiger partial charge in [0.2, 0.25) is 17.7 Å². The van der Waals surface area contributed by atoms with Gasteiger partial charge in [0.05, 0.1) is 41.0 Å². The highest BCUT2D eigenvalue weighted by Gasteiger charge is 2.28. The van der Waals surface area contributed by atoms with E-state index in [1.807, 2.05) is 263 Å². The summed E-state index contributed by atoms with van der Waals surface area (Å²) in [4.78, 5) is 79.7. The molecule has 6 N–H and O–H groups in total. The van der Waals surface area contributed by atoms with E-state index in [1.165, 1.54) is 0 Å². The number of fused-ring (bicyclic) bond motifs is 8. The Morgan fingerprint density at radius 2 is 0.793 bits per heavy atom. The second-order valence-electron chi connectivity index (χ2n) is 26.1. The fourth-order valence-corrected chi connectivity index (χ4v) is 11.1. The van der Waals surface area contributed by atoms with E-state index >= 15 is 0 Å².